The molecule has 0 aliphatic heterocycles. The third-order valence-electron chi connectivity index (χ3n) is 3.59. The lowest BCUT2D eigenvalue weighted by atomic mass is 9.88. The summed E-state index contributed by atoms with van der Waals surface area (Å²) >= 11 is 0. The number of ketones is 2. The molecule has 90 valence electrons. The maximum absolute atomic E-state index is 12.3. The predicted molar refractivity (Wildman–Crippen MR) is 67.5 cm³/mol. The normalized spacial score (nSPS) is 16.2. The molecule has 1 heterocycles. The molecule has 0 unspecified atom stereocenters. The number of nitrogens with zero attached hydrogens (tertiary/aromatic N) is 2. The molecule has 2 aliphatic rings. The van der Waals surface area contributed by atoms with Crippen LogP contribution in [0.25, 0.3) is 5.57 Å². The van der Waals surface area contributed by atoms with Gasteiger partial charge in [0.05, 0.1) is 11.3 Å². The molecule has 0 saturated heterocycles. The fourth-order valence-corrected chi connectivity index (χ4v) is 2.77. The van der Waals surface area contributed by atoms with E-state index >= 15 is 0 Å². The molecule has 19 heavy (non-hydrogen) atoms. The van der Waals surface area contributed by atoms with Gasteiger partial charge in [-0.3, -0.25) is 9.59 Å². The summed E-state index contributed by atoms with van der Waals surface area (Å²) in [5.41, 5.74) is 3.80. The number of benzene rings is 1. The van der Waals surface area contributed by atoms with E-state index in [-0.39, 0.29) is 23.6 Å². The summed E-state index contributed by atoms with van der Waals surface area (Å²) in [5.74, 6) is -0.316. The number of carbonyl (C=O) groups is 2. The van der Waals surface area contributed by atoms with Crippen molar-refractivity contribution in [1.29, 1.82) is 0 Å². The molecule has 4 rings (SSSR count). The average molecular weight is 248 g/mol. The van der Waals surface area contributed by atoms with Gasteiger partial charge in [-0.2, -0.15) is 10.2 Å². The molecule has 0 bridgehead atoms. The van der Waals surface area contributed by atoms with Crippen LogP contribution in [0.3, 0.4) is 0 Å². The fourth-order valence-electron chi connectivity index (χ4n) is 2.77. The standard InChI is InChI=1S/C15H8N2O2/c18-11-7-8-5-6-16-17-14(8)12-9-3-1-2-4-10(9)15(19)13(11)12/h1-6H,7H2. The van der Waals surface area contributed by atoms with Crippen molar-refractivity contribution >= 4 is 17.1 Å². The number of rotatable bonds is 0. The van der Waals surface area contributed by atoms with Gasteiger partial charge in [0.1, 0.15) is 0 Å². The zero-order valence-corrected chi connectivity index (χ0v) is 9.88. The van der Waals surface area contributed by atoms with Gasteiger partial charge in [0.25, 0.3) is 0 Å². The highest BCUT2D eigenvalue weighted by Gasteiger charge is 2.38. The first-order valence-corrected chi connectivity index (χ1v) is 6.00. The largest absolute Gasteiger partial charge is 0.294 e. The van der Waals surface area contributed by atoms with Crippen LogP contribution in [0.1, 0.15) is 27.2 Å². The van der Waals surface area contributed by atoms with Crippen LogP contribution >= 0.6 is 0 Å². The first-order chi connectivity index (χ1) is 9.27. The van der Waals surface area contributed by atoms with Gasteiger partial charge in [0, 0.05) is 23.8 Å². The van der Waals surface area contributed by atoms with Gasteiger partial charge in [0.15, 0.2) is 11.6 Å². The van der Waals surface area contributed by atoms with Crippen LogP contribution in [0.4, 0.5) is 0 Å². The summed E-state index contributed by atoms with van der Waals surface area (Å²) in [5, 5.41) is 7.99. The first kappa shape index (κ1) is 10.3. The minimum absolute atomic E-state index is 0.128. The number of hydrogen-bond acceptors (Lipinski definition) is 4. The van der Waals surface area contributed by atoms with Gasteiger partial charge < -0.3 is 0 Å². The van der Waals surface area contributed by atoms with E-state index in [9.17, 15) is 9.59 Å². The Hall–Kier alpha value is -2.62. The van der Waals surface area contributed by atoms with Crippen LogP contribution in [-0.4, -0.2) is 21.8 Å². The van der Waals surface area contributed by atoms with Crippen molar-refractivity contribution in [2.75, 3.05) is 0 Å². The summed E-state index contributed by atoms with van der Waals surface area (Å²) < 4.78 is 0. The molecule has 0 saturated carbocycles. The number of fused-ring (bicyclic) bond motifs is 4. The zero-order chi connectivity index (χ0) is 13.0. The van der Waals surface area contributed by atoms with Crippen LogP contribution in [0.5, 0.6) is 0 Å². The second kappa shape index (κ2) is 3.45. The smallest absolute Gasteiger partial charge is 0.197 e. The molecule has 0 fully saturated rings. The molecular weight excluding hydrogens is 240 g/mol. The zero-order valence-electron chi connectivity index (χ0n) is 9.88. The van der Waals surface area contributed by atoms with Gasteiger partial charge in [0.2, 0.25) is 0 Å². The highest BCUT2D eigenvalue weighted by atomic mass is 16.1. The highest BCUT2D eigenvalue weighted by Crippen LogP contribution is 2.40. The van der Waals surface area contributed by atoms with E-state index in [0.717, 1.165) is 11.1 Å². The van der Waals surface area contributed by atoms with Crippen molar-refractivity contribution in [3.8, 4) is 0 Å². The Kier molecular flexibility index (Phi) is 1.87. The fraction of sp³-hybridized carbons (Fsp3) is 0.0667. The number of Topliss-reactive ketones (excluding diaryl/α,β-unsaturated/α-hetero) is 2. The summed E-state index contributed by atoms with van der Waals surface area (Å²) in [7, 11) is 0. The topological polar surface area (TPSA) is 59.9 Å². The van der Waals surface area contributed by atoms with Crippen molar-refractivity contribution in [2.45, 2.75) is 6.42 Å². The minimum Gasteiger partial charge on any atom is -0.294 e. The monoisotopic (exact) mass is 248 g/mol. The lowest BCUT2D eigenvalue weighted by Crippen LogP contribution is -2.19. The number of hydrogen-bond donors (Lipinski definition) is 0. The minimum atomic E-state index is -0.188. The Morgan fingerprint density at radius 1 is 0.947 bits per heavy atom. The van der Waals surface area contributed by atoms with E-state index in [1.54, 1.807) is 24.4 Å². The molecule has 0 spiro atoms. The van der Waals surface area contributed by atoms with Crippen LogP contribution in [-0.2, 0) is 11.2 Å². The molecule has 4 heteroatoms. The molecule has 2 aromatic rings. The van der Waals surface area contributed by atoms with Gasteiger partial charge in [-0.15, -0.1) is 0 Å². The Balaban J connectivity index is 2.11. The van der Waals surface area contributed by atoms with Gasteiger partial charge in [-0.1, -0.05) is 24.3 Å². The van der Waals surface area contributed by atoms with Crippen molar-refractivity contribution in [1.82, 2.24) is 10.2 Å². The molecule has 0 amide bonds. The van der Waals surface area contributed by atoms with Crippen LogP contribution in [0.15, 0.2) is 42.1 Å². The summed E-state index contributed by atoms with van der Waals surface area (Å²) in [6.45, 7) is 0. The number of carbonyl (C=O) groups excluding carboxylic acids is 2. The predicted octanol–water partition coefficient (Wildman–Crippen LogP) is 1.60. The van der Waals surface area contributed by atoms with Crippen LogP contribution in [0, 0.1) is 0 Å². The Morgan fingerprint density at radius 2 is 1.74 bits per heavy atom. The SMILES string of the molecule is O=C1Cc2ccnnc2C2=C1C(=O)c1ccccc12. The average Bonchev–Trinajstić information content (AvgIpc) is 2.74. The second-order valence-corrected chi connectivity index (χ2v) is 4.63. The van der Waals surface area contributed by atoms with Crippen molar-refractivity contribution in [3.05, 3.63) is 64.5 Å². The van der Waals surface area contributed by atoms with Crippen LogP contribution in [0.2, 0.25) is 0 Å². The lowest BCUT2D eigenvalue weighted by molar-refractivity contribution is -0.114. The Bertz CT molecular complexity index is 790. The molecule has 0 N–H and O–H groups in total. The highest BCUT2D eigenvalue weighted by molar-refractivity contribution is 6.37. The van der Waals surface area contributed by atoms with E-state index in [1.165, 1.54) is 0 Å². The maximum atomic E-state index is 12.3. The van der Waals surface area contributed by atoms with E-state index in [4.69, 9.17) is 0 Å². The molecular formula is C15H8N2O2. The van der Waals surface area contributed by atoms with Gasteiger partial charge in [-0.25, -0.2) is 0 Å². The summed E-state index contributed by atoms with van der Waals surface area (Å²) in [6.07, 6.45) is 1.80. The van der Waals surface area contributed by atoms with Gasteiger partial charge >= 0.3 is 0 Å². The molecule has 1 aromatic carbocycles. The lowest BCUT2D eigenvalue weighted by Gasteiger charge is -2.15. The van der Waals surface area contributed by atoms with E-state index in [1.807, 2.05) is 12.1 Å². The summed E-state index contributed by atoms with van der Waals surface area (Å²) in [6, 6.07) is 9.05. The van der Waals surface area contributed by atoms with E-state index in [2.05, 4.69) is 10.2 Å². The quantitative estimate of drug-likeness (QED) is 0.664. The Labute approximate surface area is 108 Å². The van der Waals surface area contributed by atoms with Crippen molar-refractivity contribution in [3.63, 3.8) is 0 Å². The molecule has 0 radical (unpaired) electrons. The summed E-state index contributed by atoms with van der Waals surface area (Å²) in [4.78, 5) is 24.5. The number of allylic oxidation sites excluding steroid dienone is 1. The van der Waals surface area contributed by atoms with Gasteiger partial charge in [-0.05, 0) is 17.2 Å². The Morgan fingerprint density at radius 3 is 2.58 bits per heavy atom. The molecule has 4 nitrogen and oxygen atoms in total. The molecule has 2 aliphatic carbocycles. The van der Waals surface area contributed by atoms with Crippen molar-refractivity contribution in [2.24, 2.45) is 0 Å². The third-order valence-corrected chi connectivity index (χ3v) is 3.59. The first-order valence-electron chi connectivity index (χ1n) is 6.00. The number of aromatic nitrogens is 2. The van der Waals surface area contributed by atoms with Crippen molar-refractivity contribution < 1.29 is 9.59 Å². The second-order valence-electron chi connectivity index (χ2n) is 4.63. The van der Waals surface area contributed by atoms with E-state index in [0.29, 0.717) is 16.8 Å². The molecule has 1 aromatic heterocycles. The van der Waals surface area contributed by atoms with E-state index < -0.39 is 0 Å². The van der Waals surface area contributed by atoms with Crippen LogP contribution < -0.4 is 0 Å². The maximum Gasteiger partial charge on any atom is 0.197 e. The third kappa shape index (κ3) is 1.23. The molecule has 0 atom stereocenters.